The minimum atomic E-state index is -0.733. The van der Waals surface area contributed by atoms with Crippen molar-refractivity contribution < 1.29 is 13.2 Å². The Morgan fingerprint density at radius 2 is 1.90 bits per heavy atom. The zero-order valence-corrected chi connectivity index (χ0v) is 11.9. The van der Waals surface area contributed by atoms with Crippen molar-refractivity contribution >= 4 is 28.3 Å². The lowest BCUT2D eigenvalue weighted by molar-refractivity contribution is 0.523. The van der Waals surface area contributed by atoms with Crippen LogP contribution in [0.3, 0.4) is 0 Å². The lowest BCUT2D eigenvalue weighted by Gasteiger charge is -2.15. The average molecular weight is 308 g/mol. The van der Waals surface area contributed by atoms with Gasteiger partial charge < -0.3 is 9.73 Å². The summed E-state index contributed by atoms with van der Waals surface area (Å²) in [6, 6.07) is 11.0. The second-order valence-electron chi connectivity index (χ2n) is 4.80. The van der Waals surface area contributed by atoms with Crippen LogP contribution in [-0.4, -0.2) is 0 Å². The maximum absolute atomic E-state index is 13.8. The first kappa shape index (κ1) is 13.9. The summed E-state index contributed by atoms with van der Waals surface area (Å²) in [5.41, 5.74) is 0.817. The van der Waals surface area contributed by atoms with E-state index in [0.29, 0.717) is 5.76 Å². The molecule has 0 saturated carbocycles. The third kappa shape index (κ3) is 2.72. The van der Waals surface area contributed by atoms with Crippen molar-refractivity contribution in [2.24, 2.45) is 0 Å². The monoisotopic (exact) mass is 307 g/mol. The number of rotatable bonds is 3. The third-order valence-electron chi connectivity index (χ3n) is 3.24. The molecule has 0 aliphatic carbocycles. The maximum Gasteiger partial charge on any atom is 0.150 e. The van der Waals surface area contributed by atoms with Crippen molar-refractivity contribution in [1.82, 2.24) is 0 Å². The zero-order valence-electron chi connectivity index (χ0n) is 11.2. The number of nitrogens with one attached hydrogen (secondary N) is 1. The van der Waals surface area contributed by atoms with E-state index in [1.807, 2.05) is 37.3 Å². The van der Waals surface area contributed by atoms with Gasteiger partial charge in [-0.15, -0.1) is 0 Å². The number of halogens is 3. The number of hydrogen-bond acceptors (Lipinski definition) is 2. The molecule has 1 atom stereocenters. The SMILES string of the molecule is CC(Nc1c(F)cc(F)cc1Cl)c1cc2ccccc2o1. The first-order valence-electron chi connectivity index (χ1n) is 6.44. The molecule has 0 amide bonds. The fourth-order valence-corrected chi connectivity index (χ4v) is 2.43. The van der Waals surface area contributed by atoms with Gasteiger partial charge in [0.1, 0.15) is 17.2 Å². The van der Waals surface area contributed by atoms with Crippen molar-refractivity contribution in [1.29, 1.82) is 0 Å². The van der Waals surface area contributed by atoms with Crippen LogP contribution in [0, 0.1) is 11.6 Å². The Balaban J connectivity index is 1.91. The van der Waals surface area contributed by atoms with Gasteiger partial charge in [-0.25, -0.2) is 8.78 Å². The summed E-state index contributed by atoms with van der Waals surface area (Å²) in [6.07, 6.45) is 0. The van der Waals surface area contributed by atoms with E-state index < -0.39 is 11.6 Å². The van der Waals surface area contributed by atoms with Gasteiger partial charge in [0, 0.05) is 11.5 Å². The minimum Gasteiger partial charge on any atom is -0.459 e. The molecule has 0 bridgehead atoms. The molecule has 0 spiro atoms. The summed E-state index contributed by atoms with van der Waals surface area (Å²) < 4.78 is 32.5. The second kappa shape index (κ2) is 5.37. The Morgan fingerprint density at radius 3 is 2.62 bits per heavy atom. The topological polar surface area (TPSA) is 25.2 Å². The van der Waals surface area contributed by atoms with Gasteiger partial charge >= 0.3 is 0 Å². The molecule has 21 heavy (non-hydrogen) atoms. The Bertz CT molecular complexity index is 744. The van der Waals surface area contributed by atoms with E-state index in [4.69, 9.17) is 16.0 Å². The molecule has 0 aliphatic rings. The molecule has 1 unspecified atom stereocenters. The van der Waals surface area contributed by atoms with Crippen molar-refractivity contribution in [3.8, 4) is 0 Å². The fraction of sp³-hybridized carbons (Fsp3) is 0.125. The Morgan fingerprint density at radius 1 is 1.14 bits per heavy atom. The van der Waals surface area contributed by atoms with Gasteiger partial charge in [0.05, 0.1) is 16.8 Å². The van der Waals surface area contributed by atoms with Crippen LogP contribution >= 0.6 is 11.6 Å². The summed E-state index contributed by atoms with van der Waals surface area (Å²) in [5, 5.41) is 3.88. The standard InChI is InChI=1S/C16H12ClF2NO/c1-9(15-6-10-4-2-3-5-14(10)21-15)20-16-12(17)7-11(18)8-13(16)19/h2-9,20H,1H3. The zero-order chi connectivity index (χ0) is 15.0. The third-order valence-corrected chi connectivity index (χ3v) is 3.54. The van der Waals surface area contributed by atoms with E-state index in [1.54, 1.807) is 0 Å². The number of benzene rings is 2. The van der Waals surface area contributed by atoms with Crippen LogP contribution in [-0.2, 0) is 0 Å². The molecule has 3 aromatic rings. The molecule has 2 nitrogen and oxygen atoms in total. The molecule has 0 fully saturated rings. The second-order valence-corrected chi connectivity index (χ2v) is 5.20. The quantitative estimate of drug-likeness (QED) is 0.687. The maximum atomic E-state index is 13.8. The van der Waals surface area contributed by atoms with Crippen molar-refractivity contribution in [3.63, 3.8) is 0 Å². The highest BCUT2D eigenvalue weighted by Gasteiger charge is 2.16. The van der Waals surface area contributed by atoms with Crippen LogP contribution in [0.4, 0.5) is 14.5 Å². The molecular formula is C16H12ClF2NO. The van der Waals surface area contributed by atoms with Crippen molar-refractivity contribution in [2.45, 2.75) is 13.0 Å². The number of hydrogen-bond donors (Lipinski definition) is 1. The van der Waals surface area contributed by atoms with E-state index in [1.165, 1.54) is 0 Å². The minimum absolute atomic E-state index is 0.00420. The molecule has 5 heteroatoms. The summed E-state index contributed by atoms with van der Waals surface area (Å²) in [7, 11) is 0. The van der Waals surface area contributed by atoms with Crippen LogP contribution < -0.4 is 5.32 Å². The first-order valence-corrected chi connectivity index (χ1v) is 6.82. The number of furan rings is 1. The molecular weight excluding hydrogens is 296 g/mol. The predicted molar refractivity (Wildman–Crippen MR) is 79.6 cm³/mol. The van der Waals surface area contributed by atoms with Crippen LogP contribution in [0.1, 0.15) is 18.7 Å². The van der Waals surface area contributed by atoms with Gasteiger partial charge in [-0.05, 0) is 25.1 Å². The summed E-state index contributed by atoms with van der Waals surface area (Å²) in [4.78, 5) is 0. The van der Waals surface area contributed by atoms with Crippen LogP contribution in [0.5, 0.6) is 0 Å². The molecule has 1 aromatic heterocycles. The first-order chi connectivity index (χ1) is 10.0. The van der Waals surface area contributed by atoms with E-state index in [2.05, 4.69) is 5.32 Å². The largest absolute Gasteiger partial charge is 0.459 e. The van der Waals surface area contributed by atoms with E-state index in [0.717, 1.165) is 23.1 Å². The van der Waals surface area contributed by atoms with Crippen molar-refractivity contribution in [2.75, 3.05) is 5.32 Å². The van der Waals surface area contributed by atoms with Crippen LogP contribution in [0.15, 0.2) is 46.9 Å². The molecule has 2 aromatic carbocycles. The summed E-state index contributed by atoms with van der Waals surface area (Å²) in [6.45, 7) is 1.82. The highest BCUT2D eigenvalue weighted by Crippen LogP contribution is 2.31. The molecule has 0 saturated heterocycles. The van der Waals surface area contributed by atoms with Crippen molar-refractivity contribution in [3.05, 3.63) is 64.9 Å². The average Bonchev–Trinajstić information content (AvgIpc) is 2.86. The van der Waals surface area contributed by atoms with Gasteiger partial charge in [0.15, 0.2) is 5.82 Å². The molecule has 0 aliphatic heterocycles. The summed E-state index contributed by atoms with van der Waals surface area (Å²) in [5.74, 6) is -0.793. The molecule has 108 valence electrons. The Kier molecular flexibility index (Phi) is 3.55. The number of anilines is 1. The normalized spacial score (nSPS) is 12.6. The fourth-order valence-electron chi connectivity index (χ4n) is 2.18. The summed E-state index contributed by atoms with van der Waals surface area (Å²) >= 11 is 5.87. The number of fused-ring (bicyclic) bond motifs is 1. The lowest BCUT2D eigenvalue weighted by atomic mass is 10.2. The highest BCUT2D eigenvalue weighted by atomic mass is 35.5. The Labute approximate surface area is 125 Å². The van der Waals surface area contributed by atoms with Gasteiger partial charge in [-0.2, -0.15) is 0 Å². The molecule has 1 N–H and O–H groups in total. The van der Waals surface area contributed by atoms with E-state index in [-0.39, 0.29) is 16.8 Å². The highest BCUT2D eigenvalue weighted by molar-refractivity contribution is 6.33. The smallest absolute Gasteiger partial charge is 0.150 e. The molecule has 0 radical (unpaired) electrons. The lowest BCUT2D eigenvalue weighted by Crippen LogP contribution is -2.08. The van der Waals surface area contributed by atoms with Crippen LogP contribution in [0.2, 0.25) is 5.02 Å². The van der Waals surface area contributed by atoms with E-state index >= 15 is 0 Å². The molecule has 1 heterocycles. The van der Waals surface area contributed by atoms with Gasteiger partial charge in [0.2, 0.25) is 0 Å². The Hall–Kier alpha value is -2.07. The van der Waals surface area contributed by atoms with Gasteiger partial charge in [-0.1, -0.05) is 29.8 Å². The van der Waals surface area contributed by atoms with Crippen LogP contribution in [0.25, 0.3) is 11.0 Å². The van der Waals surface area contributed by atoms with Gasteiger partial charge in [0.25, 0.3) is 0 Å². The van der Waals surface area contributed by atoms with E-state index in [9.17, 15) is 8.78 Å². The predicted octanol–water partition coefficient (Wildman–Crippen LogP) is 5.54. The van der Waals surface area contributed by atoms with Gasteiger partial charge in [-0.3, -0.25) is 0 Å². The molecule has 3 rings (SSSR count). The number of para-hydroxylation sites is 1.